The summed E-state index contributed by atoms with van der Waals surface area (Å²) in [7, 11) is -3.70. The summed E-state index contributed by atoms with van der Waals surface area (Å²) in [6.45, 7) is 7.45. The molecule has 0 aliphatic rings. The van der Waals surface area contributed by atoms with Crippen LogP contribution in [0.5, 0.6) is 0 Å². The summed E-state index contributed by atoms with van der Waals surface area (Å²) in [5.41, 5.74) is 2.85. The van der Waals surface area contributed by atoms with Crippen molar-refractivity contribution in [3.8, 4) is 0 Å². The molecule has 1 amide bonds. The van der Waals surface area contributed by atoms with Crippen LogP contribution >= 0.6 is 11.6 Å². The molecule has 0 unspecified atom stereocenters. The van der Waals surface area contributed by atoms with Crippen LogP contribution in [0.2, 0.25) is 5.02 Å². The van der Waals surface area contributed by atoms with Crippen molar-refractivity contribution < 1.29 is 13.2 Å². The first-order valence-corrected chi connectivity index (χ1v) is 10.9. The largest absolute Gasteiger partial charge is 0.324 e. The van der Waals surface area contributed by atoms with E-state index in [9.17, 15) is 13.2 Å². The predicted octanol–water partition coefficient (Wildman–Crippen LogP) is 4.57. The molecule has 0 fully saturated rings. The predicted molar refractivity (Wildman–Crippen MR) is 112 cm³/mol. The highest BCUT2D eigenvalue weighted by molar-refractivity contribution is 7.92. The number of benzene rings is 2. The molecule has 1 atom stereocenters. The van der Waals surface area contributed by atoms with Crippen LogP contribution in [0, 0.1) is 6.92 Å². The van der Waals surface area contributed by atoms with E-state index < -0.39 is 22.0 Å². The first kappa shape index (κ1) is 21.3. The Morgan fingerprint density at radius 2 is 1.74 bits per heavy atom. The maximum atomic E-state index is 12.9. The molecule has 2 rings (SSSR count). The van der Waals surface area contributed by atoms with Crippen molar-refractivity contribution in [1.29, 1.82) is 0 Å². The molecule has 5 nitrogen and oxygen atoms in total. The van der Waals surface area contributed by atoms with Gasteiger partial charge in [0.1, 0.15) is 6.04 Å². The minimum absolute atomic E-state index is 0.221. The zero-order valence-corrected chi connectivity index (χ0v) is 17.7. The molecule has 0 aliphatic heterocycles. The Balaban J connectivity index is 2.37. The molecule has 0 radical (unpaired) electrons. The second-order valence-electron chi connectivity index (χ2n) is 6.90. The van der Waals surface area contributed by atoms with Gasteiger partial charge in [-0.2, -0.15) is 0 Å². The van der Waals surface area contributed by atoms with Crippen molar-refractivity contribution in [2.75, 3.05) is 15.9 Å². The molecule has 0 heterocycles. The van der Waals surface area contributed by atoms with Gasteiger partial charge in [0.15, 0.2) is 0 Å². The van der Waals surface area contributed by atoms with E-state index in [2.05, 4.69) is 5.32 Å². The number of carbonyl (C=O) groups excluding carboxylic acids is 1. The van der Waals surface area contributed by atoms with Gasteiger partial charge in [0.25, 0.3) is 0 Å². The highest BCUT2D eigenvalue weighted by Crippen LogP contribution is 2.28. The van der Waals surface area contributed by atoms with Crippen molar-refractivity contribution in [1.82, 2.24) is 0 Å². The topological polar surface area (TPSA) is 66.5 Å². The highest BCUT2D eigenvalue weighted by Gasteiger charge is 2.29. The Morgan fingerprint density at radius 3 is 2.30 bits per heavy atom. The molecule has 146 valence electrons. The van der Waals surface area contributed by atoms with Gasteiger partial charge in [-0.3, -0.25) is 9.10 Å². The Hall–Kier alpha value is -2.05. The second-order valence-corrected chi connectivity index (χ2v) is 9.17. The maximum Gasteiger partial charge on any atom is 0.248 e. The molecule has 0 bridgehead atoms. The number of sulfonamides is 1. The lowest BCUT2D eigenvalue weighted by atomic mass is 10.0. The van der Waals surface area contributed by atoms with E-state index in [1.807, 2.05) is 45.0 Å². The summed E-state index contributed by atoms with van der Waals surface area (Å²) in [5, 5.41) is 3.31. The van der Waals surface area contributed by atoms with Crippen LogP contribution in [-0.4, -0.2) is 26.6 Å². The lowest BCUT2D eigenvalue weighted by Gasteiger charge is -2.29. The number of halogens is 1. The van der Waals surface area contributed by atoms with Gasteiger partial charge in [-0.25, -0.2) is 8.42 Å². The second kappa shape index (κ2) is 8.31. The summed E-state index contributed by atoms with van der Waals surface area (Å²) in [4.78, 5) is 12.9. The molecule has 2 aromatic carbocycles. The van der Waals surface area contributed by atoms with Crippen LogP contribution in [0.1, 0.15) is 37.8 Å². The molecule has 7 heteroatoms. The monoisotopic (exact) mass is 408 g/mol. The molecular formula is C20H25ClN2O3S. The third-order valence-corrected chi connectivity index (χ3v) is 5.99. The number of hydrogen-bond acceptors (Lipinski definition) is 3. The zero-order valence-electron chi connectivity index (χ0n) is 16.2. The fraction of sp³-hybridized carbons (Fsp3) is 0.350. The summed E-state index contributed by atoms with van der Waals surface area (Å²) in [5.74, 6) is -0.191. The number of rotatable bonds is 6. The number of nitrogens with one attached hydrogen (secondary N) is 1. The molecule has 2 aromatic rings. The number of carbonyl (C=O) groups is 1. The van der Waals surface area contributed by atoms with E-state index in [4.69, 9.17) is 11.6 Å². The van der Waals surface area contributed by atoms with Gasteiger partial charge < -0.3 is 5.32 Å². The number of aryl methyl sites for hydroxylation is 1. The van der Waals surface area contributed by atoms with Gasteiger partial charge in [0.05, 0.1) is 11.9 Å². The minimum atomic E-state index is -3.70. The van der Waals surface area contributed by atoms with Gasteiger partial charge in [-0.1, -0.05) is 49.7 Å². The fourth-order valence-corrected chi connectivity index (χ4v) is 4.22. The average Bonchev–Trinajstić information content (AvgIpc) is 2.57. The van der Waals surface area contributed by atoms with Crippen molar-refractivity contribution in [3.63, 3.8) is 0 Å². The molecule has 0 saturated heterocycles. The summed E-state index contributed by atoms with van der Waals surface area (Å²) >= 11 is 6.16. The van der Waals surface area contributed by atoms with E-state index in [1.54, 1.807) is 25.1 Å². The van der Waals surface area contributed by atoms with Crippen molar-refractivity contribution in [2.45, 2.75) is 39.7 Å². The quantitative estimate of drug-likeness (QED) is 0.761. The standard InChI is InChI=1S/C20H25ClN2O3S/c1-13(2)17-8-6-7-9-19(17)22-20(24)15(4)23(27(5,25)26)16-11-10-14(3)18(21)12-16/h6-13,15H,1-5H3,(H,22,24)/t15-/m1/s1. The number of para-hydroxylation sites is 1. The number of amides is 1. The fourth-order valence-electron chi connectivity index (χ4n) is 2.88. The van der Waals surface area contributed by atoms with E-state index in [1.165, 1.54) is 0 Å². The van der Waals surface area contributed by atoms with Crippen LogP contribution < -0.4 is 9.62 Å². The van der Waals surface area contributed by atoms with E-state index in [0.717, 1.165) is 21.7 Å². The highest BCUT2D eigenvalue weighted by atomic mass is 35.5. The number of hydrogen-bond donors (Lipinski definition) is 1. The lowest BCUT2D eigenvalue weighted by molar-refractivity contribution is -0.116. The minimum Gasteiger partial charge on any atom is -0.324 e. The molecule has 1 N–H and O–H groups in total. The molecule has 0 saturated carbocycles. The molecular weight excluding hydrogens is 384 g/mol. The Kier molecular flexibility index (Phi) is 6.54. The van der Waals surface area contributed by atoms with Crippen molar-refractivity contribution in [3.05, 3.63) is 58.6 Å². The summed E-state index contributed by atoms with van der Waals surface area (Å²) in [6.07, 6.45) is 1.08. The molecule has 0 aromatic heterocycles. The first-order chi connectivity index (χ1) is 12.5. The van der Waals surface area contributed by atoms with E-state index in [-0.39, 0.29) is 5.92 Å². The van der Waals surface area contributed by atoms with Gasteiger partial charge in [-0.05, 0) is 49.1 Å². The first-order valence-electron chi connectivity index (χ1n) is 8.67. The summed E-state index contributed by atoms with van der Waals surface area (Å²) < 4.78 is 25.9. The third-order valence-electron chi connectivity index (χ3n) is 4.34. The van der Waals surface area contributed by atoms with Gasteiger partial charge in [0, 0.05) is 10.7 Å². The van der Waals surface area contributed by atoms with Crippen LogP contribution in [-0.2, 0) is 14.8 Å². The maximum absolute atomic E-state index is 12.9. The van der Waals surface area contributed by atoms with Crippen molar-refractivity contribution >= 4 is 38.9 Å². The number of anilines is 2. The molecule has 27 heavy (non-hydrogen) atoms. The van der Waals surface area contributed by atoms with Crippen LogP contribution in [0.4, 0.5) is 11.4 Å². The lowest BCUT2D eigenvalue weighted by Crippen LogP contribution is -2.45. The summed E-state index contributed by atoms with van der Waals surface area (Å²) in [6, 6.07) is 11.5. The third kappa shape index (κ3) is 5.02. The Morgan fingerprint density at radius 1 is 1.11 bits per heavy atom. The van der Waals surface area contributed by atoms with Crippen molar-refractivity contribution in [2.24, 2.45) is 0 Å². The molecule has 0 spiro atoms. The number of nitrogens with zero attached hydrogens (tertiary/aromatic N) is 1. The average molecular weight is 409 g/mol. The molecule has 0 aliphatic carbocycles. The SMILES string of the molecule is Cc1ccc(N([C@H](C)C(=O)Nc2ccccc2C(C)C)S(C)(=O)=O)cc1Cl. The van der Waals surface area contributed by atoms with Crippen LogP contribution in [0.15, 0.2) is 42.5 Å². The smallest absolute Gasteiger partial charge is 0.248 e. The van der Waals surface area contributed by atoms with E-state index >= 15 is 0 Å². The van der Waals surface area contributed by atoms with Crippen LogP contribution in [0.25, 0.3) is 0 Å². The van der Waals surface area contributed by atoms with E-state index in [0.29, 0.717) is 16.4 Å². The normalized spacial score (nSPS) is 12.7. The Labute approximate surface area is 166 Å². The van der Waals surface area contributed by atoms with Gasteiger partial charge in [-0.15, -0.1) is 0 Å². The zero-order chi connectivity index (χ0) is 20.4. The van der Waals surface area contributed by atoms with Gasteiger partial charge >= 0.3 is 0 Å². The van der Waals surface area contributed by atoms with Crippen LogP contribution in [0.3, 0.4) is 0 Å². The Bertz CT molecular complexity index is 942. The van der Waals surface area contributed by atoms with Gasteiger partial charge in [0.2, 0.25) is 15.9 Å².